The summed E-state index contributed by atoms with van der Waals surface area (Å²) in [5.74, 6) is 13.6. The Morgan fingerprint density at radius 3 is 2.88 bits per heavy atom. The monoisotopic (exact) mass is 350 g/mol. The second-order valence-corrected chi connectivity index (χ2v) is 6.39. The molecule has 0 saturated heterocycles. The molecule has 8 heteroatoms. The van der Waals surface area contributed by atoms with Crippen molar-refractivity contribution in [1.29, 1.82) is 0 Å². The summed E-state index contributed by atoms with van der Waals surface area (Å²) in [4.78, 5) is 8.74. The smallest absolute Gasteiger partial charge is 0.300 e. The third kappa shape index (κ3) is 3.02. The molecule has 2 aliphatic rings. The van der Waals surface area contributed by atoms with Gasteiger partial charge in [0.15, 0.2) is 17.7 Å². The zero-order valence-electron chi connectivity index (χ0n) is 14.2. The summed E-state index contributed by atoms with van der Waals surface area (Å²) in [6.45, 7) is 3.20. The van der Waals surface area contributed by atoms with Crippen molar-refractivity contribution in [2.45, 2.75) is 19.4 Å². The zero-order chi connectivity index (χ0) is 18.4. The minimum atomic E-state index is -1.10. The van der Waals surface area contributed by atoms with Crippen LogP contribution in [0.1, 0.15) is 30.9 Å². The zero-order valence-corrected chi connectivity index (χ0v) is 14.2. The lowest BCUT2D eigenvalue weighted by atomic mass is 10.1. The maximum absolute atomic E-state index is 9.67. The van der Waals surface area contributed by atoms with Gasteiger partial charge in [0.05, 0.1) is 6.26 Å². The van der Waals surface area contributed by atoms with Crippen LogP contribution in [0.5, 0.6) is 0 Å². The summed E-state index contributed by atoms with van der Waals surface area (Å²) in [5, 5.41) is 14.1. The Kier molecular flexibility index (Phi) is 3.52. The molecule has 130 valence electrons. The van der Waals surface area contributed by atoms with E-state index in [0.717, 1.165) is 0 Å². The van der Waals surface area contributed by atoms with Gasteiger partial charge in [0.1, 0.15) is 23.8 Å². The van der Waals surface area contributed by atoms with Crippen LogP contribution in [-0.2, 0) is 0 Å². The Labute approximate surface area is 149 Å². The van der Waals surface area contributed by atoms with Crippen LogP contribution in [0.4, 0.5) is 0 Å². The number of nitrogens with two attached hydrogens (primary N) is 1. The minimum Gasteiger partial charge on any atom is -0.461 e. The van der Waals surface area contributed by atoms with E-state index in [9.17, 15) is 5.11 Å². The summed E-state index contributed by atoms with van der Waals surface area (Å²) in [5.41, 5.74) is 0.181. The molecular formula is C18H16N5O3+. The fourth-order valence-electron chi connectivity index (χ4n) is 2.39. The minimum absolute atomic E-state index is 0.356. The predicted molar refractivity (Wildman–Crippen MR) is 95.5 cm³/mol. The quantitative estimate of drug-likeness (QED) is 0.489. The van der Waals surface area contributed by atoms with Crippen molar-refractivity contribution in [2.75, 3.05) is 0 Å². The largest absolute Gasteiger partial charge is 0.461 e. The molecule has 4 heterocycles. The van der Waals surface area contributed by atoms with Gasteiger partial charge in [0.25, 0.3) is 11.7 Å². The Balaban J connectivity index is 1.64. The van der Waals surface area contributed by atoms with Crippen LogP contribution in [0.15, 0.2) is 60.8 Å². The molecule has 0 spiro atoms. The van der Waals surface area contributed by atoms with Crippen LogP contribution < -0.4 is 5.84 Å². The van der Waals surface area contributed by atoms with E-state index in [2.05, 4.69) is 26.9 Å². The molecule has 4 rings (SSSR count). The van der Waals surface area contributed by atoms with Gasteiger partial charge in [-0.05, 0) is 41.7 Å². The number of hydrogen-bond donors (Lipinski definition) is 2. The highest BCUT2D eigenvalue weighted by atomic mass is 16.3. The Bertz CT molecular complexity index is 1040. The molecule has 0 saturated carbocycles. The highest BCUT2D eigenvalue weighted by Crippen LogP contribution is 2.27. The van der Waals surface area contributed by atoms with Gasteiger partial charge in [-0.1, -0.05) is 5.92 Å². The number of nitrogens with zero attached hydrogens (tertiary/aromatic N) is 4. The molecule has 26 heavy (non-hydrogen) atoms. The second-order valence-electron chi connectivity index (χ2n) is 6.39. The third-order valence-corrected chi connectivity index (χ3v) is 3.61. The molecule has 0 aliphatic carbocycles. The molecule has 2 aliphatic heterocycles. The summed E-state index contributed by atoms with van der Waals surface area (Å²) in [7, 11) is 0. The van der Waals surface area contributed by atoms with E-state index in [-0.39, 0.29) is 4.70 Å². The number of fused-ring (bicyclic) bond motifs is 1. The molecule has 1 unspecified atom stereocenters. The molecular weight excluding hydrogens is 334 g/mol. The molecule has 3 N–H and O–H groups in total. The van der Waals surface area contributed by atoms with Crippen LogP contribution in [0.25, 0.3) is 5.70 Å². The Morgan fingerprint density at radius 1 is 1.31 bits per heavy atom. The topological polar surface area (TPSA) is 110 Å². The SMILES string of the molecule is CC(C)(O)C#Cc1cc(C2=C[N+]3(N)N=C(c4ccco4)N=C3C=N2)co1. The van der Waals surface area contributed by atoms with Crippen molar-refractivity contribution in [3.63, 3.8) is 0 Å². The van der Waals surface area contributed by atoms with Crippen LogP contribution >= 0.6 is 0 Å². The second kappa shape index (κ2) is 5.64. The lowest BCUT2D eigenvalue weighted by Crippen LogP contribution is -2.50. The number of quaternary nitrogens is 1. The fourth-order valence-corrected chi connectivity index (χ4v) is 2.39. The van der Waals surface area contributed by atoms with Crippen LogP contribution in [0.2, 0.25) is 0 Å². The molecule has 0 aromatic carbocycles. The van der Waals surface area contributed by atoms with Gasteiger partial charge in [-0.15, -0.1) is 5.84 Å². The molecule has 8 nitrogen and oxygen atoms in total. The summed E-state index contributed by atoms with van der Waals surface area (Å²) in [6.07, 6.45) is 6.29. The first-order valence-corrected chi connectivity index (χ1v) is 7.84. The van der Waals surface area contributed by atoms with E-state index in [1.54, 1.807) is 50.7 Å². The van der Waals surface area contributed by atoms with Gasteiger partial charge in [0, 0.05) is 11.6 Å². The lowest BCUT2D eigenvalue weighted by molar-refractivity contribution is -0.802. The van der Waals surface area contributed by atoms with E-state index >= 15 is 0 Å². The highest BCUT2D eigenvalue weighted by Gasteiger charge is 2.40. The van der Waals surface area contributed by atoms with E-state index in [1.165, 1.54) is 6.26 Å². The van der Waals surface area contributed by atoms with E-state index in [0.29, 0.717) is 34.5 Å². The normalized spacial score (nSPS) is 21.5. The van der Waals surface area contributed by atoms with Crippen molar-refractivity contribution in [1.82, 2.24) is 0 Å². The van der Waals surface area contributed by atoms with Crippen molar-refractivity contribution >= 4 is 23.6 Å². The number of amidine groups is 2. The first-order chi connectivity index (χ1) is 12.3. The van der Waals surface area contributed by atoms with Gasteiger partial charge in [-0.25, -0.2) is 4.99 Å². The van der Waals surface area contributed by atoms with E-state index in [1.807, 2.05) is 0 Å². The standard InChI is InChI=1S/C18H16N5O3/c1-18(2,24)6-5-13-8-12(11-26-13)14-10-23(19)16(9-20-14)21-17(22-23)15-4-3-7-25-15/h3-4,7-11,24H,19H2,1-2H3/q+1. The molecule has 2 aromatic rings. The molecule has 0 fully saturated rings. The van der Waals surface area contributed by atoms with Gasteiger partial charge in [-0.3, -0.25) is 0 Å². The molecule has 0 amide bonds. The number of furan rings is 2. The fraction of sp³-hybridized carbons (Fsp3) is 0.167. The van der Waals surface area contributed by atoms with Crippen LogP contribution in [0.3, 0.4) is 0 Å². The first kappa shape index (κ1) is 16.2. The molecule has 0 bridgehead atoms. The first-order valence-electron chi connectivity index (χ1n) is 7.84. The average Bonchev–Trinajstić information content (AvgIpc) is 3.30. The predicted octanol–water partition coefficient (Wildman–Crippen LogP) is 1.84. The van der Waals surface area contributed by atoms with Gasteiger partial charge >= 0.3 is 0 Å². The number of aliphatic imine (C=N–C) groups is 2. The van der Waals surface area contributed by atoms with Crippen molar-refractivity contribution in [3.8, 4) is 11.8 Å². The van der Waals surface area contributed by atoms with Crippen molar-refractivity contribution in [2.24, 2.45) is 20.9 Å². The maximum atomic E-state index is 9.67. The maximum Gasteiger partial charge on any atom is 0.300 e. The average molecular weight is 350 g/mol. The molecule has 0 radical (unpaired) electrons. The van der Waals surface area contributed by atoms with Crippen LogP contribution in [0, 0.1) is 11.8 Å². The van der Waals surface area contributed by atoms with Crippen LogP contribution in [-0.4, -0.2) is 33.3 Å². The third-order valence-electron chi connectivity index (χ3n) is 3.61. The summed E-state index contributed by atoms with van der Waals surface area (Å²) < 4.78 is 10.4. The van der Waals surface area contributed by atoms with E-state index in [4.69, 9.17) is 14.7 Å². The summed E-state index contributed by atoms with van der Waals surface area (Å²) >= 11 is 0. The molecule has 1 atom stereocenters. The Hall–Kier alpha value is -3.25. The Morgan fingerprint density at radius 2 is 2.15 bits per heavy atom. The van der Waals surface area contributed by atoms with Gasteiger partial charge in [-0.2, -0.15) is 4.99 Å². The summed E-state index contributed by atoms with van der Waals surface area (Å²) in [6, 6.07) is 5.25. The molecule has 2 aromatic heterocycles. The highest BCUT2D eigenvalue weighted by molar-refractivity contribution is 6.32. The van der Waals surface area contributed by atoms with Gasteiger partial charge < -0.3 is 13.9 Å². The van der Waals surface area contributed by atoms with Gasteiger partial charge in [0.2, 0.25) is 0 Å². The van der Waals surface area contributed by atoms with Crippen molar-refractivity contribution < 1.29 is 18.6 Å². The number of aliphatic hydroxyl groups is 1. The van der Waals surface area contributed by atoms with E-state index < -0.39 is 5.60 Å². The number of hydrogen-bond acceptors (Lipinski definition) is 7. The lowest BCUT2D eigenvalue weighted by Gasteiger charge is -2.19. The number of rotatable bonds is 2. The van der Waals surface area contributed by atoms with Crippen molar-refractivity contribution in [3.05, 3.63) is 54.0 Å².